The fourth-order valence-electron chi connectivity index (χ4n) is 3.06. The Morgan fingerprint density at radius 3 is 2.86 bits per heavy atom. The predicted molar refractivity (Wildman–Crippen MR) is 58.7 cm³/mol. The average molecular weight is 187 g/mol. The Bertz CT molecular complexity index is 363. The number of aryl methyl sites for hydroxylation is 1. The maximum atomic E-state index is 3.43. The van der Waals surface area contributed by atoms with Crippen molar-refractivity contribution in [3.8, 4) is 0 Å². The molecule has 1 aromatic rings. The highest BCUT2D eigenvalue weighted by Gasteiger charge is 2.41. The van der Waals surface area contributed by atoms with Gasteiger partial charge in [-0.3, -0.25) is 0 Å². The summed E-state index contributed by atoms with van der Waals surface area (Å²) in [4.78, 5) is 0. The van der Waals surface area contributed by atoms with Gasteiger partial charge in [-0.25, -0.2) is 0 Å². The Morgan fingerprint density at radius 1 is 1.29 bits per heavy atom. The van der Waals surface area contributed by atoms with E-state index < -0.39 is 0 Å². The van der Waals surface area contributed by atoms with Crippen molar-refractivity contribution in [3.63, 3.8) is 0 Å². The molecule has 1 aromatic carbocycles. The van der Waals surface area contributed by atoms with Gasteiger partial charge in [-0.05, 0) is 42.9 Å². The third-order valence-electron chi connectivity index (χ3n) is 3.99. The fourth-order valence-corrected chi connectivity index (χ4v) is 3.06. The second-order valence-electron chi connectivity index (χ2n) is 4.84. The second kappa shape index (κ2) is 2.83. The topological polar surface area (TPSA) is 12.0 Å². The van der Waals surface area contributed by atoms with Crippen LogP contribution < -0.4 is 5.32 Å². The smallest absolute Gasteiger partial charge is 0.0205 e. The summed E-state index contributed by atoms with van der Waals surface area (Å²) in [5.41, 5.74) is 5.29. The lowest BCUT2D eigenvalue weighted by Crippen LogP contribution is -2.58. The lowest BCUT2D eigenvalue weighted by Gasteiger charge is -2.47. The number of rotatable bonds is 0. The maximum absolute atomic E-state index is 3.43. The van der Waals surface area contributed by atoms with Crippen molar-refractivity contribution in [2.75, 3.05) is 13.1 Å². The molecule has 1 N–H and O–H groups in total. The molecule has 1 heteroatoms. The standard InChI is InChI=1S/C13H17N/c1-10-4-2-6-12-11(10)5-3-7-13(12)8-14-9-13/h2,4,6,14H,3,5,7-9H2,1H3. The van der Waals surface area contributed by atoms with Gasteiger partial charge in [-0.1, -0.05) is 18.2 Å². The first-order valence-electron chi connectivity index (χ1n) is 5.62. The summed E-state index contributed by atoms with van der Waals surface area (Å²) in [6, 6.07) is 6.83. The highest BCUT2D eigenvalue weighted by Crippen LogP contribution is 2.40. The maximum Gasteiger partial charge on any atom is 0.0205 e. The van der Waals surface area contributed by atoms with Gasteiger partial charge in [0.2, 0.25) is 0 Å². The first-order valence-corrected chi connectivity index (χ1v) is 5.62. The van der Waals surface area contributed by atoms with Gasteiger partial charge >= 0.3 is 0 Å². The molecule has 3 rings (SSSR count). The van der Waals surface area contributed by atoms with E-state index in [4.69, 9.17) is 0 Å². The quantitative estimate of drug-likeness (QED) is 0.656. The average Bonchev–Trinajstić information content (AvgIpc) is 2.15. The molecule has 1 heterocycles. The largest absolute Gasteiger partial charge is 0.315 e. The lowest BCUT2D eigenvalue weighted by molar-refractivity contribution is 0.239. The van der Waals surface area contributed by atoms with Crippen LogP contribution >= 0.6 is 0 Å². The van der Waals surface area contributed by atoms with Crippen molar-refractivity contribution in [3.05, 3.63) is 34.9 Å². The van der Waals surface area contributed by atoms with Gasteiger partial charge in [-0.15, -0.1) is 0 Å². The van der Waals surface area contributed by atoms with E-state index in [0.717, 1.165) is 0 Å². The van der Waals surface area contributed by atoms with Gasteiger partial charge in [0, 0.05) is 18.5 Å². The number of benzene rings is 1. The van der Waals surface area contributed by atoms with Crippen LogP contribution in [-0.2, 0) is 11.8 Å². The number of nitrogens with one attached hydrogen (secondary N) is 1. The molecule has 0 unspecified atom stereocenters. The summed E-state index contributed by atoms with van der Waals surface area (Å²) in [5, 5.41) is 3.43. The van der Waals surface area contributed by atoms with Crippen molar-refractivity contribution in [2.24, 2.45) is 0 Å². The summed E-state index contributed by atoms with van der Waals surface area (Å²) in [7, 11) is 0. The zero-order valence-corrected chi connectivity index (χ0v) is 8.77. The molecular weight excluding hydrogens is 170 g/mol. The minimum atomic E-state index is 0.513. The van der Waals surface area contributed by atoms with E-state index in [9.17, 15) is 0 Å². The van der Waals surface area contributed by atoms with Gasteiger partial charge in [0.1, 0.15) is 0 Å². The second-order valence-corrected chi connectivity index (χ2v) is 4.84. The number of hydrogen-bond donors (Lipinski definition) is 1. The van der Waals surface area contributed by atoms with E-state index >= 15 is 0 Å². The molecule has 1 aliphatic heterocycles. The van der Waals surface area contributed by atoms with Crippen LogP contribution in [0.5, 0.6) is 0 Å². The van der Waals surface area contributed by atoms with Crippen LogP contribution in [0.1, 0.15) is 29.5 Å². The molecule has 0 saturated carbocycles. The summed E-state index contributed by atoms with van der Waals surface area (Å²) in [5.74, 6) is 0. The van der Waals surface area contributed by atoms with Crippen molar-refractivity contribution in [1.29, 1.82) is 0 Å². The van der Waals surface area contributed by atoms with Crippen molar-refractivity contribution in [1.82, 2.24) is 5.32 Å². The van der Waals surface area contributed by atoms with Crippen LogP contribution in [0.15, 0.2) is 18.2 Å². The van der Waals surface area contributed by atoms with E-state index in [0.29, 0.717) is 5.41 Å². The first-order chi connectivity index (χ1) is 6.82. The van der Waals surface area contributed by atoms with Crippen LogP contribution in [-0.4, -0.2) is 13.1 Å². The Labute approximate surface area is 85.5 Å². The van der Waals surface area contributed by atoms with E-state index in [2.05, 4.69) is 30.4 Å². The minimum absolute atomic E-state index is 0.513. The Morgan fingerprint density at radius 2 is 2.14 bits per heavy atom. The van der Waals surface area contributed by atoms with E-state index in [1.807, 2.05) is 0 Å². The molecule has 1 saturated heterocycles. The monoisotopic (exact) mass is 187 g/mol. The number of hydrogen-bond acceptors (Lipinski definition) is 1. The molecule has 0 atom stereocenters. The van der Waals surface area contributed by atoms with Gasteiger partial charge < -0.3 is 5.32 Å². The molecule has 14 heavy (non-hydrogen) atoms. The molecule has 0 aromatic heterocycles. The van der Waals surface area contributed by atoms with Gasteiger partial charge in [0.05, 0.1) is 0 Å². The van der Waals surface area contributed by atoms with Crippen LogP contribution in [0.2, 0.25) is 0 Å². The van der Waals surface area contributed by atoms with Crippen molar-refractivity contribution >= 4 is 0 Å². The SMILES string of the molecule is Cc1cccc2c1CCCC21CNC1. The first kappa shape index (κ1) is 8.49. The zero-order chi connectivity index (χ0) is 9.60. The highest BCUT2D eigenvalue weighted by atomic mass is 15.0. The van der Waals surface area contributed by atoms with Crippen molar-refractivity contribution in [2.45, 2.75) is 31.6 Å². The van der Waals surface area contributed by atoms with E-state index in [1.165, 1.54) is 37.9 Å². The molecule has 1 nitrogen and oxygen atoms in total. The van der Waals surface area contributed by atoms with E-state index in [-0.39, 0.29) is 0 Å². The predicted octanol–water partition coefficient (Wildman–Crippen LogP) is 2.17. The molecule has 0 amide bonds. The molecule has 74 valence electrons. The Balaban J connectivity index is 2.15. The fraction of sp³-hybridized carbons (Fsp3) is 0.538. The summed E-state index contributed by atoms with van der Waals surface area (Å²) in [6.45, 7) is 4.65. The highest BCUT2D eigenvalue weighted by molar-refractivity contribution is 5.43. The Kier molecular flexibility index (Phi) is 1.72. The molecular formula is C13H17N. The van der Waals surface area contributed by atoms with Crippen LogP contribution in [0.3, 0.4) is 0 Å². The zero-order valence-electron chi connectivity index (χ0n) is 8.77. The molecule has 0 bridgehead atoms. The summed E-state index contributed by atoms with van der Waals surface area (Å²) in [6.07, 6.45) is 4.06. The molecule has 1 spiro atoms. The minimum Gasteiger partial charge on any atom is -0.315 e. The van der Waals surface area contributed by atoms with Gasteiger partial charge in [-0.2, -0.15) is 0 Å². The van der Waals surface area contributed by atoms with Gasteiger partial charge in [0.25, 0.3) is 0 Å². The summed E-state index contributed by atoms with van der Waals surface area (Å²) < 4.78 is 0. The third-order valence-corrected chi connectivity index (χ3v) is 3.99. The van der Waals surface area contributed by atoms with Crippen molar-refractivity contribution < 1.29 is 0 Å². The normalized spacial score (nSPS) is 22.9. The molecule has 2 aliphatic rings. The van der Waals surface area contributed by atoms with Gasteiger partial charge in [0.15, 0.2) is 0 Å². The number of fused-ring (bicyclic) bond motifs is 2. The molecule has 1 fully saturated rings. The van der Waals surface area contributed by atoms with Crippen LogP contribution in [0.4, 0.5) is 0 Å². The molecule has 1 aliphatic carbocycles. The lowest BCUT2D eigenvalue weighted by atomic mass is 9.65. The molecule has 0 radical (unpaired) electrons. The Hall–Kier alpha value is -0.820. The third kappa shape index (κ3) is 0.992. The van der Waals surface area contributed by atoms with Crippen LogP contribution in [0.25, 0.3) is 0 Å². The van der Waals surface area contributed by atoms with E-state index in [1.54, 1.807) is 11.1 Å². The summed E-state index contributed by atoms with van der Waals surface area (Å²) >= 11 is 0. The van der Waals surface area contributed by atoms with Crippen LogP contribution in [0, 0.1) is 6.92 Å².